The van der Waals surface area contributed by atoms with Crippen molar-refractivity contribution in [1.29, 1.82) is 0 Å². The Morgan fingerprint density at radius 2 is 1.79 bits per heavy atom. The number of aliphatic hydroxyl groups excluding tert-OH is 1. The maximum Gasteiger partial charge on any atom is 0.335 e. The van der Waals surface area contributed by atoms with E-state index in [-0.39, 0.29) is 35.3 Å². The van der Waals surface area contributed by atoms with Crippen LogP contribution in [0.2, 0.25) is 0 Å². The number of aliphatic hydroxyl groups is 1. The van der Waals surface area contributed by atoms with Gasteiger partial charge in [0, 0.05) is 31.2 Å². The van der Waals surface area contributed by atoms with Crippen molar-refractivity contribution in [2.24, 2.45) is 5.92 Å². The first-order valence-corrected chi connectivity index (χ1v) is 14.0. The van der Waals surface area contributed by atoms with Crippen LogP contribution in [0, 0.1) is 5.92 Å². The Balaban J connectivity index is 1.59. The third-order valence-electron chi connectivity index (χ3n) is 7.43. The van der Waals surface area contributed by atoms with Crippen LogP contribution in [0.15, 0.2) is 66.7 Å². The van der Waals surface area contributed by atoms with Gasteiger partial charge in [-0.2, -0.15) is 0 Å². The number of nitrogens with zero attached hydrogens (tertiary/aromatic N) is 2. The summed E-state index contributed by atoms with van der Waals surface area (Å²) in [5.41, 5.74) is 2.33. The molecule has 0 aliphatic carbocycles. The molecule has 11 heteroatoms. The second-order valence-corrected chi connectivity index (χ2v) is 10.8. The molecule has 0 radical (unpaired) electrons. The molecule has 0 fully saturated rings. The zero-order valence-corrected chi connectivity index (χ0v) is 24.7. The summed E-state index contributed by atoms with van der Waals surface area (Å²) in [5, 5.41) is 24.7. The van der Waals surface area contributed by atoms with Gasteiger partial charge in [0.2, 0.25) is 0 Å². The molecule has 0 unspecified atom stereocenters. The Bertz CT molecular complexity index is 1430. The molecule has 43 heavy (non-hydrogen) atoms. The molecule has 1 aliphatic rings. The Kier molecular flexibility index (Phi) is 10.2. The van der Waals surface area contributed by atoms with Gasteiger partial charge in [-0.1, -0.05) is 25.1 Å². The molecule has 4 N–H and O–H groups in total. The number of urea groups is 1. The molecule has 11 nitrogen and oxygen atoms in total. The van der Waals surface area contributed by atoms with Crippen molar-refractivity contribution < 1.29 is 34.1 Å². The van der Waals surface area contributed by atoms with Gasteiger partial charge in [0.25, 0.3) is 5.91 Å². The van der Waals surface area contributed by atoms with Crippen molar-refractivity contribution in [1.82, 2.24) is 9.80 Å². The molecule has 0 spiro atoms. The van der Waals surface area contributed by atoms with Crippen LogP contribution in [-0.2, 0) is 6.54 Å². The molecule has 0 saturated heterocycles. The van der Waals surface area contributed by atoms with Gasteiger partial charge in [0.1, 0.15) is 11.9 Å². The van der Waals surface area contributed by atoms with Crippen LogP contribution >= 0.6 is 0 Å². The number of anilines is 2. The Morgan fingerprint density at radius 1 is 1.09 bits per heavy atom. The lowest BCUT2D eigenvalue weighted by atomic mass is 9.98. The van der Waals surface area contributed by atoms with E-state index in [1.807, 2.05) is 14.0 Å². The van der Waals surface area contributed by atoms with E-state index < -0.39 is 24.1 Å². The van der Waals surface area contributed by atoms with E-state index in [0.717, 1.165) is 5.56 Å². The van der Waals surface area contributed by atoms with E-state index in [0.29, 0.717) is 36.8 Å². The van der Waals surface area contributed by atoms with Crippen LogP contribution in [-0.4, -0.2) is 83.9 Å². The van der Waals surface area contributed by atoms with E-state index in [1.54, 1.807) is 85.7 Å². The van der Waals surface area contributed by atoms with Crippen molar-refractivity contribution in [2.45, 2.75) is 32.5 Å². The van der Waals surface area contributed by atoms with E-state index in [1.165, 1.54) is 0 Å². The van der Waals surface area contributed by atoms with Gasteiger partial charge in [-0.3, -0.25) is 9.69 Å². The number of rotatable bonds is 10. The van der Waals surface area contributed by atoms with Gasteiger partial charge in [0.15, 0.2) is 5.75 Å². The molecule has 0 saturated carbocycles. The maximum absolute atomic E-state index is 13.7. The summed E-state index contributed by atoms with van der Waals surface area (Å²) < 4.78 is 11.7. The molecule has 1 heterocycles. The SMILES string of the molecule is COc1ccc(NC(=O)Nc2cccc3c2O[C@H](CN(C)Cc2ccc(C(=O)O)cc2)[C@H](C)CN([C@@H](C)CO)C3=O)cc1. The molecule has 3 atom stereocenters. The predicted octanol–water partition coefficient (Wildman–Crippen LogP) is 4.39. The molecule has 3 aromatic carbocycles. The van der Waals surface area contributed by atoms with Crippen molar-refractivity contribution in [3.63, 3.8) is 0 Å². The number of fused-ring (bicyclic) bond motifs is 1. The minimum Gasteiger partial charge on any atom is -0.497 e. The smallest absolute Gasteiger partial charge is 0.335 e. The van der Waals surface area contributed by atoms with E-state index in [2.05, 4.69) is 15.5 Å². The summed E-state index contributed by atoms with van der Waals surface area (Å²) >= 11 is 0. The van der Waals surface area contributed by atoms with Gasteiger partial charge in [-0.15, -0.1) is 0 Å². The number of carbonyl (C=O) groups excluding carboxylic acids is 2. The van der Waals surface area contributed by atoms with Crippen LogP contribution < -0.4 is 20.1 Å². The number of aromatic carboxylic acids is 1. The quantitative estimate of drug-likeness (QED) is 0.273. The number of carboxylic acid groups (broad SMARTS) is 1. The normalized spacial score (nSPS) is 17.3. The molecular formula is C32H38N4O7. The summed E-state index contributed by atoms with van der Waals surface area (Å²) in [6, 6.07) is 17.7. The fourth-order valence-corrected chi connectivity index (χ4v) is 4.95. The third-order valence-corrected chi connectivity index (χ3v) is 7.43. The van der Waals surface area contributed by atoms with E-state index in [9.17, 15) is 24.6 Å². The van der Waals surface area contributed by atoms with Crippen LogP contribution in [0.1, 0.15) is 40.1 Å². The standard InChI is InChI=1S/C32H38N4O7/c1-20-16-36(21(2)19-37)30(38)26-6-5-7-27(34-32(41)33-24-12-14-25(42-4)15-13-24)29(26)43-28(20)18-35(3)17-22-8-10-23(11-9-22)31(39)40/h5-15,20-21,28,37H,16-19H2,1-4H3,(H,39,40)(H2,33,34,41)/t20-,21+,28-/m1/s1. The molecule has 4 rings (SSSR count). The van der Waals surface area contributed by atoms with E-state index in [4.69, 9.17) is 9.47 Å². The van der Waals surface area contributed by atoms with Gasteiger partial charge >= 0.3 is 12.0 Å². The summed E-state index contributed by atoms with van der Waals surface area (Å²) in [4.78, 5) is 41.6. The average molecular weight is 591 g/mol. The fraction of sp³-hybridized carbons (Fsp3) is 0.344. The number of amides is 3. The fourth-order valence-electron chi connectivity index (χ4n) is 4.95. The molecule has 228 valence electrons. The molecular weight excluding hydrogens is 552 g/mol. The zero-order valence-electron chi connectivity index (χ0n) is 24.7. The second-order valence-electron chi connectivity index (χ2n) is 10.8. The molecule has 1 aliphatic heterocycles. The summed E-state index contributed by atoms with van der Waals surface area (Å²) in [6.45, 7) is 4.96. The highest BCUT2D eigenvalue weighted by Crippen LogP contribution is 2.35. The highest BCUT2D eigenvalue weighted by atomic mass is 16.5. The highest BCUT2D eigenvalue weighted by Gasteiger charge is 2.34. The third kappa shape index (κ3) is 7.82. The van der Waals surface area contributed by atoms with Crippen LogP contribution in [0.5, 0.6) is 11.5 Å². The number of para-hydroxylation sites is 1. The average Bonchev–Trinajstić information content (AvgIpc) is 2.99. The number of carbonyl (C=O) groups is 3. The zero-order chi connectivity index (χ0) is 31.1. The number of nitrogens with one attached hydrogen (secondary N) is 2. The monoisotopic (exact) mass is 590 g/mol. The van der Waals surface area contributed by atoms with Crippen molar-refractivity contribution in [3.05, 3.63) is 83.4 Å². The second kappa shape index (κ2) is 14.0. The lowest BCUT2D eigenvalue weighted by Crippen LogP contribution is -2.49. The van der Waals surface area contributed by atoms with Crippen molar-refractivity contribution >= 4 is 29.3 Å². The molecule has 0 bridgehead atoms. The highest BCUT2D eigenvalue weighted by molar-refractivity contribution is 6.04. The Labute approximate surface area is 251 Å². The lowest BCUT2D eigenvalue weighted by molar-refractivity contribution is 0.0343. The van der Waals surface area contributed by atoms with Crippen LogP contribution in [0.3, 0.4) is 0 Å². The Hall–Kier alpha value is -4.61. The summed E-state index contributed by atoms with van der Waals surface area (Å²) in [7, 11) is 3.50. The number of hydrogen-bond acceptors (Lipinski definition) is 7. The van der Waals surface area contributed by atoms with E-state index >= 15 is 0 Å². The minimum absolute atomic E-state index is 0.135. The number of ether oxygens (including phenoxy) is 2. The van der Waals surface area contributed by atoms with Gasteiger partial charge in [0.05, 0.1) is 36.6 Å². The number of hydrogen-bond donors (Lipinski definition) is 4. The first-order valence-electron chi connectivity index (χ1n) is 14.0. The number of benzene rings is 3. The molecule has 3 amide bonds. The summed E-state index contributed by atoms with van der Waals surface area (Å²) in [5.74, 6) is -0.500. The Morgan fingerprint density at radius 3 is 2.42 bits per heavy atom. The molecule has 3 aromatic rings. The van der Waals surface area contributed by atoms with Gasteiger partial charge < -0.3 is 35.2 Å². The summed E-state index contributed by atoms with van der Waals surface area (Å²) in [6.07, 6.45) is -0.392. The molecule has 0 aromatic heterocycles. The number of carboxylic acids is 1. The number of likely N-dealkylation sites (N-methyl/N-ethyl adjacent to an activating group) is 1. The first kappa shape index (κ1) is 31.3. The predicted molar refractivity (Wildman–Crippen MR) is 163 cm³/mol. The van der Waals surface area contributed by atoms with Crippen molar-refractivity contribution in [3.8, 4) is 11.5 Å². The largest absolute Gasteiger partial charge is 0.497 e. The lowest BCUT2D eigenvalue weighted by Gasteiger charge is -2.38. The van der Waals surface area contributed by atoms with Gasteiger partial charge in [-0.05, 0) is 68.1 Å². The van der Waals surface area contributed by atoms with Gasteiger partial charge in [-0.25, -0.2) is 9.59 Å². The minimum atomic E-state index is -0.978. The first-order chi connectivity index (χ1) is 20.6. The van der Waals surface area contributed by atoms with Crippen LogP contribution in [0.25, 0.3) is 0 Å². The number of methoxy groups -OCH3 is 1. The van der Waals surface area contributed by atoms with Crippen molar-refractivity contribution in [2.75, 3.05) is 44.5 Å². The topological polar surface area (TPSA) is 141 Å². The maximum atomic E-state index is 13.7. The van der Waals surface area contributed by atoms with Crippen LogP contribution in [0.4, 0.5) is 16.2 Å².